The molecule has 9 heteroatoms. The summed E-state index contributed by atoms with van der Waals surface area (Å²) in [7, 11) is 0. The van der Waals surface area contributed by atoms with Crippen molar-refractivity contribution >= 4 is 11.8 Å². The smallest absolute Gasteiger partial charge is 0.231 e. The highest BCUT2D eigenvalue weighted by Gasteiger charge is 2.25. The lowest BCUT2D eigenvalue weighted by Crippen LogP contribution is -2.43. The van der Waals surface area contributed by atoms with Crippen LogP contribution in [0.5, 0.6) is 0 Å². The summed E-state index contributed by atoms with van der Waals surface area (Å²) >= 11 is 0. The second-order valence-electron chi connectivity index (χ2n) is 6.08. The summed E-state index contributed by atoms with van der Waals surface area (Å²) in [4.78, 5) is 33.5. The number of H-pyrrole nitrogens is 1. The molecule has 1 fully saturated rings. The molecule has 0 spiro atoms. The van der Waals surface area contributed by atoms with Crippen LogP contribution in [-0.4, -0.2) is 56.5 Å². The van der Waals surface area contributed by atoms with Gasteiger partial charge in [-0.15, -0.1) is 0 Å². The third-order valence-electron chi connectivity index (χ3n) is 4.24. The highest BCUT2D eigenvalue weighted by Crippen LogP contribution is 2.17. The van der Waals surface area contributed by atoms with E-state index >= 15 is 0 Å². The molecule has 1 saturated heterocycles. The van der Waals surface area contributed by atoms with Crippen LogP contribution in [0.15, 0.2) is 24.5 Å². The first-order valence-electron chi connectivity index (χ1n) is 8.22. The van der Waals surface area contributed by atoms with Gasteiger partial charge in [0.1, 0.15) is 5.82 Å². The maximum absolute atomic E-state index is 12.3. The molecule has 2 aromatic heterocycles. The fraction of sp³-hybridized carbons (Fsp3) is 0.438. The number of aromatic nitrogens is 4. The van der Waals surface area contributed by atoms with Crippen molar-refractivity contribution < 1.29 is 9.59 Å². The average molecular weight is 343 g/mol. The zero-order chi connectivity index (χ0) is 17.6. The monoisotopic (exact) mass is 343 g/mol. The fourth-order valence-corrected chi connectivity index (χ4v) is 2.89. The molecule has 0 saturated carbocycles. The van der Waals surface area contributed by atoms with Gasteiger partial charge in [0, 0.05) is 23.9 Å². The Bertz CT molecular complexity index is 723. The van der Waals surface area contributed by atoms with Crippen molar-refractivity contribution in [2.24, 2.45) is 11.7 Å². The number of amides is 2. The van der Waals surface area contributed by atoms with E-state index < -0.39 is 0 Å². The number of carbonyl (C=O) groups excluding carboxylic acids is 2. The topological polar surface area (TPSA) is 130 Å². The van der Waals surface area contributed by atoms with Crippen LogP contribution in [-0.2, 0) is 16.1 Å². The van der Waals surface area contributed by atoms with E-state index in [1.165, 1.54) is 0 Å². The van der Waals surface area contributed by atoms with Gasteiger partial charge in [-0.25, -0.2) is 4.98 Å². The Hall–Kier alpha value is -2.81. The summed E-state index contributed by atoms with van der Waals surface area (Å²) in [6, 6.07) is 3.65. The fourth-order valence-electron chi connectivity index (χ4n) is 2.89. The summed E-state index contributed by atoms with van der Waals surface area (Å²) in [5.74, 6) is 0.795. The van der Waals surface area contributed by atoms with Crippen LogP contribution in [0.25, 0.3) is 11.4 Å². The van der Waals surface area contributed by atoms with Gasteiger partial charge >= 0.3 is 0 Å². The molecule has 1 aliphatic rings. The van der Waals surface area contributed by atoms with Gasteiger partial charge in [-0.05, 0) is 38.1 Å². The number of nitrogens with zero attached hydrogens (tertiary/aromatic N) is 4. The summed E-state index contributed by atoms with van der Waals surface area (Å²) in [6.45, 7) is 1.97. The minimum absolute atomic E-state index is 0.000543. The number of hydrogen-bond donors (Lipinski definition) is 3. The number of likely N-dealkylation sites (tertiary alicyclic amines) is 1. The highest BCUT2D eigenvalue weighted by atomic mass is 16.2. The van der Waals surface area contributed by atoms with Crippen molar-refractivity contribution in [2.45, 2.75) is 19.4 Å². The van der Waals surface area contributed by atoms with Crippen molar-refractivity contribution in [1.29, 1.82) is 0 Å². The van der Waals surface area contributed by atoms with E-state index in [0.29, 0.717) is 31.3 Å². The van der Waals surface area contributed by atoms with Gasteiger partial charge in [0.05, 0.1) is 13.1 Å². The molecule has 0 radical (unpaired) electrons. The van der Waals surface area contributed by atoms with Gasteiger partial charge in [-0.3, -0.25) is 24.6 Å². The highest BCUT2D eigenvalue weighted by molar-refractivity contribution is 5.79. The SMILES string of the molecule is NC(=O)CN1CCC(C(=O)NCc2nc(-c3ccncc3)n[nH]2)CC1. The number of pyridine rings is 1. The van der Waals surface area contributed by atoms with E-state index in [-0.39, 0.29) is 24.3 Å². The lowest BCUT2D eigenvalue weighted by Gasteiger charge is -2.30. The first-order valence-corrected chi connectivity index (χ1v) is 8.22. The molecule has 2 amide bonds. The second-order valence-corrected chi connectivity index (χ2v) is 6.08. The molecule has 25 heavy (non-hydrogen) atoms. The maximum atomic E-state index is 12.3. The Morgan fingerprint density at radius 1 is 1.28 bits per heavy atom. The Balaban J connectivity index is 1.47. The quantitative estimate of drug-likeness (QED) is 0.659. The number of primary amides is 1. The van der Waals surface area contributed by atoms with Crippen LogP contribution in [0, 0.1) is 5.92 Å². The van der Waals surface area contributed by atoms with E-state index in [9.17, 15) is 9.59 Å². The van der Waals surface area contributed by atoms with Gasteiger partial charge < -0.3 is 11.1 Å². The normalized spacial score (nSPS) is 15.8. The van der Waals surface area contributed by atoms with Crippen LogP contribution in [0.4, 0.5) is 0 Å². The maximum Gasteiger partial charge on any atom is 0.231 e. The Labute approximate surface area is 145 Å². The van der Waals surface area contributed by atoms with Crippen LogP contribution >= 0.6 is 0 Å². The minimum Gasteiger partial charge on any atom is -0.369 e. The molecular weight excluding hydrogens is 322 g/mol. The van der Waals surface area contributed by atoms with Gasteiger partial charge in [0.2, 0.25) is 11.8 Å². The second kappa shape index (κ2) is 7.84. The van der Waals surface area contributed by atoms with Crippen molar-refractivity contribution in [2.75, 3.05) is 19.6 Å². The first-order chi connectivity index (χ1) is 12.1. The lowest BCUT2D eigenvalue weighted by molar-refractivity contribution is -0.126. The molecule has 3 heterocycles. The number of nitrogens with one attached hydrogen (secondary N) is 2. The van der Waals surface area contributed by atoms with Gasteiger partial charge in [0.15, 0.2) is 5.82 Å². The molecule has 0 bridgehead atoms. The summed E-state index contributed by atoms with van der Waals surface area (Å²) < 4.78 is 0. The van der Waals surface area contributed by atoms with E-state index in [4.69, 9.17) is 5.73 Å². The Kier molecular flexibility index (Phi) is 5.34. The summed E-state index contributed by atoms with van der Waals surface area (Å²) in [5.41, 5.74) is 6.06. The van der Waals surface area contributed by atoms with Gasteiger partial charge in [-0.1, -0.05) is 0 Å². The largest absolute Gasteiger partial charge is 0.369 e. The van der Waals surface area contributed by atoms with E-state index in [0.717, 1.165) is 18.4 Å². The van der Waals surface area contributed by atoms with Crippen LogP contribution in [0.3, 0.4) is 0 Å². The first kappa shape index (κ1) is 17.0. The van der Waals surface area contributed by atoms with Crippen molar-refractivity contribution in [3.8, 4) is 11.4 Å². The van der Waals surface area contributed by atoms with Crippen molar-refractivity contribution in [3.63, 3.8) is 0 Å². The standard InChI is InChI=1S/C16H21N7O2/c17-13(24)10-23-7-3-12(4-8-23)16(25)19-9-14-20-15(22-21-14)11-1-5-18-6-2-11/h1-2,5-6,12H,3-4,7-10H2,(H2,17,24)(H,19,25)(H,20,21,22). The minimum atomic E-state index is -0.335. The lowest BCUT2D eigenvalue weighted by atomic mass is 9.96. The van der Waals surface area contributed by atoms with Crippen LogP contribution in [0.2, 0.25) is 0 Å². The third kappa shape index (κ3) is 4.60. The molecule has 2 aromatic rings. The van der Waals surface area contributed by atoms with Crippen LogP contribution in [0.1, 0.15) is 18.7 Å². The van der Waals surface area contributed by atoms with Gasteiger partial charge in [-0.2, -0.15) is 5.10 Å². The molecule has 0 unspecified atom stereocenters. The molecule has 0 aromatic carbocycles. The number of piperidine rings is 1. The molecule has 1 aliphatic heterocycles. The van der Waals surface area contributed by atoms with E-state index in [1.807, 2.05) is 17.0 Å². The average Bonchev–Trinajstić information content (AvgIpc) is 3.10. The van der Waals surface area contributed by atoms with Crippen molar-refractivity contribution in [1.82, 2.24) is 30.4 Å². The molecule has 9 nitrogen and oxygen atoms in total. The zero-order valence-electron chi connectivity index (χ0n) is 13.8. The number of aromatic amines is 1. The summed E-state index contributed by atoms with van der Waals surface area (Å²) in [6.07, 6.45) is 4.80. The molecular formula is C16H21N7O2. The molecule has 132 valence electrons. The van der Waals surface area contributed by atoms with Gasteiger partial charge in [0.25, 0.3) is 0 Å². The van der Waals surface area contributed by atoms with E-state index in [2.05, 4.69) is 25.5 Å². The number of carbonyl (C=O) groups is 2. The molecule has 3 rings (SSSR count). The predicted octanol–water partition coefficient (Wildman–Crippen LogP) is -0.320. The summed E-state index contributed by atoms with van der Waals surface area (Å²) in [5, 5.41) is 9.88. The molecule has 0 atom stereocenters. The number of hydrogen-bond acceptors (Lipinski definition) is 6. The Morgan fingerprint density at radius 2 is 2.00 bits per heavy atom. The zero-order valence-corrected chi connectivity index (χ0v) is 13.8. The number of nitrogens with two attached hydrogens (primary N) is 1. The van der Waals surface area contributed by atoms with Crippen molar-refractivity contribution in [3.05, 3.63) is 30.4 Å². The predicted molar refractivity (Wildman–Crippen MR) is 89.8 cm³/mol. The Morgan fingerprint density at radius 3 is 2.68 bits per heavy atom. The molecule has 0 aliphatic carbocycles. The third-order valence-corrected chi connectivity index (χ3v) is 4.24. The molecule has 4 N–H and O–H groups in total. The van der Waals surface area contributed by atoms with Crippen LogP contribution < -0.4 is 11.1 Å². The number of rotatable bonds is 6. The van der Waals surface area contributed by atoms with E-state index in [1.54, 1.807) is 12.4 Å².